The van der Waals surface area contributed by atoms with Crippen molar-refractivity contribution in [1.82, 2.24) is 9.88 Å². The summed E-state index contributed by atoms with van der Waals surface area (Å²) in [4.78, 5) is 6.82. The van der Waals surface area contributed by atoms with Crippen LogP contribution in [0.2, 0.25) is 0 Å². The molecule has 1 fully saturated rings. The first-order valence-electron chi connectivity index (χ1n) is 12.3. The van der Waals surface area contributed by atoms with E-state index in [2.05, 4.69) is 74.8 Å². The molecule has 0 aliphatic carbocycles. The summed E-state index contributed by atoms with van der Waals surface area (Å²) in [5, 5.41) is 0. The Hall–Kier alpha value is -2.37. The van der Waals surface area contributed by atoms with Crippen LogP contribution in [0.3, 0.4) is 0 Å². The number of hydrogen-bond acceptors (Lipinski definition) is 5. The van der Waals surface area contributed by atoms with E-state index in [4.69, 9.17) is 14.2 Å². The van der Waals surface area contributed by atoms with Gasteiger partial charge >= 0.3 is 0 Å². The Bertz CT molecular complexity index is 947. The van der Waals surface area contributed by atoms with E-state index in [9.17, 15) is 0 Å². The molecule has 2 aliphatic heterocycles. The van der Waals surface area contributed by atoms with Crippen LogP contribution < -0.4 is 4.74 Å². The number of rotatable bonds is 7. The van der Waals surface area contributed by atoms with Crippen LogP contribution in [-0.4, -0.2) is 46.9 Å². The summed E-state index contributed by atoms with van der Waals surface area (Å²) in [7, 11) is 0. The molecule has 1 spiro atoms. The molecule has 0 N–H and O–H groups in total. The van der Waals surface area contributed by atoms with Gasteiger partial charge < -0.3 is 14.2 Å². The number of benzene rings is 1. The predicted molar refractivity (Wildman–Crippen MR) is 132 cm³/mol. The zero-order valence-electron chi connectivity index (χ0n) is 20.7. The van der Waals surface area contributed by atoms with E-state index >= 15 is 0 Å². The minimum Gasteiger partial charge on any atom is -0.491 e. The Kier molecular flexibility index (Phi) is 7.40. The maximum Gasteiger partial charge on any atom is 0.127 e. The fourth-order valence-electron chi connectivity index (χ4n) is 4.88. The molecule has 2 aliphatic rings. The topological polar surface area (TPSA) is 43.8 Å². The lowest BCUT2D eigenvalue weighted by atomic mass is 9.83. The highest BCUT2D eigenvalue weighted by atomic mass is 16.5. The third-order valence-electron chi connectivity index (χ3n) is 6.41. The monoisotopic (exact) mass is 450 g/mol. The van der Waals surface area contributed by atoms with Crippen LogP contribution in [0.15, 0.2) is 48.8 Å². The van der Waals surface area contributed by atoms with Gasteiger partial charge in [-0.15, -0.1) is 0 Å². The average molecular weight is 451 g/mol. The molecular formula is C28H38N2O3. The highest BCUT2D eigenvalue weighted by molar-refractivity contribution is 5.60. The van der Waals surface area contributed by atoms with Gasteiger partial charge in [-0.2, -0.15) is 0 Å². The second-order valence-electron chi connectivity index (χ2n) is 10.0. The third kappa shape index (κ3) is 6.15. The molecular weight excluding hydrogens is 412 g/mol. The first-order valence-corrected chi connectivity index (χ1v) is 12.3. The van der Waals surface area contributed by atoms with Crippen molar-refractivity contribution >= 4 is 5.76 Å². The summed E-state index contributed by atoms with van der Waals surface area (Å²) in [6, 6.07) is 10.6. The first kappa shape index (κ1) is 23.8. The van der Waals surface area contributed by atoms with E-state index in [1.54, 1.807) is 6.20 Å². The Morgan fingerprint density at radius 1 is 1.12 bits per heavy atom. The van der Waals surface area contributed by atoms with Crippen molar-refractivity contribution in [2.45, 2.75) is 84.3 Å². The van der Waals surface area contributed by atoms with E-state index in [0.717, 1.165) is 56.0 Å². The second kappa shape index (κ2) is 10.3. The molecule has 2 aromatic rings. The fourth-order valence-corrected chi connectivity index (χ4v) is 4.88. The first-order chi connectivity index (χ1) is 15.8. The van der Waals surface area contributed by atoms with Gasteiger partial charge in [0, 0.05) is 44.0 Å². The van der Waals surface area contributed by atoms with Gasteiger partial charge in [-0.3, -0.25) is 9.88 Å². The van der Waals surface area contributed by atoms with Gasteiger partial charge in [0.1, 0.15) is 17.1 Å². The quantitative estimate of drug-likeness (QED) is 0.536. The Morgan fingerprint density at radius 3 is 2.55 bits per heavy atom. The number of aromatic nitrogens is 1. The molecule has 1 aromatic heterocycles. The summed E-state index contributed by atoms with van der Waals surface area (Å²) in [5.74, 6) is 1.89. The summed E-state index contributed by atoms with van der Waals surface area (Å²) in [5.41, 5.74) is 3.38. The van der Waals surface area contributed by atoms with E-state index in [1.807, 2.05) is 12.3 Å². The molecule has 0 amide bonds. The lowest BCUT2D eigenvalue weighted by molar-refractivity contribution is -0.0828. The minimum absolute atomic E-state index is 0.0663. The van der Waals surface area contributed by atoms with Crippen LogP contribution >= 0.6 is 0 Å². The van der Waals surface area contributed by atoms with Crippen molar-refractivity contribution < 1.29 is 14.2 Å². The van der Waals surface area contributed by atoms with Crippen LogP contribution in [0.4, 0.5) is 0 Å². The lowest BCUT2D eigenvalue weighted by Crippen LogP contribution is -2.49. The van der Waals surface area contributed by atoms with Crippen LogP contribution in [0.1, 0.15) is 63.6 Å². The van der Waals surface area contributed by atoms with Crippen molar-refractivity contribution in [2.75, 3.05) is 13.1 Å². The Balaban J connectivity index is 1.42. The van der Waals surface area contributed by atoms with Crippen molar-refractivity contribution in [1.29, 1.82) is 0 Å². The maximum absolute atomic E-state index is 6.68. The van der Waals surface area contributed by atoms with Crippen LogP contribution in [-0.2, 0) is 16.0 Å². The normalized spacial score (nSPS) is 20.7. The maximum atomic E-state index is 6.68. The molecule has 0 radical (unpaired) electrons. The molecule has 0 bridgehead atoms. The van der Waals surface area contributed by atoms with Gasteiger partial charge in [0.2, 0.25) is 0 Å². The number of ether oxygens (including phenoxy) is 3. The largest absolute Gasteiger partial charge is 0.491 e. The summed E-state index contributed by atoms with van der Waals surface area (Å²) < 4.78 is 18.8. The van der Waals surface area contributed by atoms with Crippen molar-refractivity contribution in [3.63, 3.8) is 0 Å². The molecule has 3 heterocycles. The number of aryl methyl sites for hydroxylation is 1. The van der Waals surface area contributed by atoms with Crippen molar-refractivity contribution in [3.05, 3.63) is 65.5 Å². The molecule has 1 aromatic carbocycles. The molecule has 1 atom stereocenters. The zero-order chi connectivity index (χ0) is 23.4. The molecule has 5 nitrogen and oxygen atoms in total. The van der Waals surface area contributed by atoms with E-state index in [0.29, 0.717) is 0 Å². The van der Waals surface area contributed by atoms with E-state index in [1.165, 1.54) is 11.1 Å². The van der Waals surface area contributed by atoms with Gasteiger partial charge in [-0.1, -0.05) is 12.1 Å². The van der Waals surface area contributed by atoms with Gasteiger partial charge in [0.05, 0.1) is 18.3 Å². The standard InChI is InChI=1S/C28H38N2O3/c1-20(2)31-25-16-27(24-7-6-12-29-18-24)33-28(17-25)10-13-30(14-11-28)19-23-8-9-26(22(5)15-23)32-21(3)4/h6-9,12,15-16,18,20-21,25H,10-11,13-14,17,19H2,1-5H3. The van der Waals surface area contributed by atoms with Gasteiger partial charge in [0.25, 0.3) is 0 Å². The van der Waals surface area contributed by atoms with Crippen LogP contribution in [0, 0.1) is 6.92 Å². The number of likely N-dealkylation sites (tertiary alicyclic amines) is 1. The number of piperidine rings is 1. The summed E-state index contributed by atoms with van der Waals surface area (Å²) in [6.45, 7) is 13.4. The predicted octanol–water partition coefficient (Wildman–Crippen LogP) is 5.77. The minimum atomic E-state index is -0.180. The zero-order valence-corrected chi connectivity index (χ0v) is 20.7. The third-order valence-corrected chi connectivity index (χ3v) is 6.41. The number of pyridine rings is 1. The summed E-state index contributed by atoms with van der Waals surface area (Å²) in [6.07, 6.45) is 9.15. The van der Waals surface area contributed by atoms with Crippen molar-refractivity contribution in [2.24, 2.45) is 0 Å². The van der Waals surface area contributed by atoms with Crippen LogP contribution in [0.25, 0.3) is 5.76 Å². The van der Waals surface area contributed by atoms with Gasteiger partial charge in [-0.25, -0.2) is 0 Å². The SMILES string of the molecule is Cc1cc(CN2CCC3(CC2)CC(OC(C)C)C=C(c2cccnc2)O3)ccc1OC(C)C. The highest BCUT2D eigenvalue weighted by Crippen LogP contribution is 2.41. The molecule has 1 saturated heterocycles. The lowest BCUT2D eigenvalue weighted by Gasteiger charge is -2.46. The average Bonchev–Trinajstić information content (AvgIpc) is 2.77. The second-order valence-corrected chi connectivity index (χ2v) is 10.0. The smallest absolute Gasteiger partial charge is 0.127 e. The molecule has 178 valence electrons. The molecule has 33 heavy (non-hydrogen) atoms. The van der Waals surface area contributed by atoms with Crippen molar-refractivity contribution in [3.8, 4) is 5.75 Å². The molecule has 5 heteroatoms. The molecule has 0 saturated carbocycles. The number of nitrogens with zero attached hydrogens (tertiary/aromatic N) is 2. The Labute approximate surface area is 198 Å². The fraction of sp³-hybridized carbons (Fsp3) is 0.536. The summed E-state index contributed by atoms with van der Waals surface area (Å²) >= 11 is 0. The van der Waals surface area contributed by atoms with Gasteiger partial charge in [-0.05, 0) is 82.9 Å². The Morgan fingerprint density at radius 2 is 1.91 bits per heavy atom. The van der Waals surface area contributed by atoms with Gasteiger partial charge in [0.15, 0.2) is 0 Å². The molecule has 1 unspecified atom stereocenters. The molecule has 4 rings (SSSR count). The van der Waals surface area contributed by atoms with E-state index in [-0.39, 0.29) is 23.9 Å². The number of hydrogen-bond donors (Lipinski definition) is 0. The highest BCUT2D eigenvalue weighted by Gasteiger charge is 2.42. The van der Waals surface area contributed by atoms with E-state index < -0.39 is 0 Å². The van der Waals surface area contributed by atoms with Crippen LogP contribution in [0.5, 0.6) is 5.75 Å².